The fourth-order valence-corrected chi connectivity index (χ4v) is 2.06. The Morgan fingerprint density at radius 3 is 2.43 bits per heavy atom. The van der Waals surface area contributed by atoms with Gasteiger partial charge in [0.15, 0.2) is 0 Å². The van der Waals surface area contributed by atoms with Gasteiger partial charge >= 0.3 is 6.18 Å². The van der Waals surface area contributed by atoms with Gasteiger partial charge < -0.3 is 10.2 Å². The predicted octanol–water partition coefficient (Wildman–Crippen LogP) is 3.50. The Labute approximate surface area is 123 Å². The molecule has 0 amide bonds. The molecule has 2 rings (SSSR count). The minimum Gasteiger partial charge on any atom is -0.345 e. The van der Waals surface area contributed by atoms with Crippen molar-refractivity contribution in [2.75, 3.05) is 11.4 Å². The van der Waals surface area contributed by atoms with Crippen molar-refractivity contribution in [3.63, 3.8) is 0 Å². The van der Waals surface area contributed by atoms with Gasteiger partial charge in [0.05, 0.1) is 5.69 Å². The number of aromatic nitrogens is 1. The Morgan fingerprint density at radius 1 is 1.24 bits per heavy atom. The van der Waals surface area contributed by atoms with Crippen LogP contribution in [0, 0.1) is 0 Å². The summed E-state index contributed by atoms with van der Waals surface area (Å²) < 4.78 is 38.1. The molecule has 0 unspecified atom stereocenters. The lowest BCUT2D eigenvalue weighted by Crippen LogP contribution is -2.37. The third-order valence-electron chi connectivity index (χ3n) is 3.22. The SMILES string of the molecule is CC(C)(C)NCc1cccc(N(CC(F)(F)F)C2CC2)n1. The zero-order valence-electron chi connectivity index (χ0n) is 12.7. The van der Waals surface area contributed by atoms with E-state index < -0.39 is 12.7 Å². The molecule has 0 spiro atoms. The van der Waals surface area contributed by atoms with Crippen LogP contribution in [0.5, 0.6) is 0 Å². The maximum absolute atomic E-state index is 12.7. The Hall–Kier alpha value is -1.30. The third-order valence-corrected chi connectivity index (χ3v) is 3.22. The molecular weight excluding hydrogens is 279 g/mol. The molecule has 118 valence electrons. The van der Waals surface area contributed by atoms with Crippen molar-refractivity contribution in [3.05, 3.63) is 23.9 Å². The van der Waals surface area contributed by atoms with E-state index >= 15 is 0 Å². The van der Waals surface area contributed by atoms with E-state index in [1.54, 1.807) is 12.1 Å². The van der Waals surface area contributed by atoms with Crippen LogP contribution in [0.25, 0.3) is 0 Å². The van der Waals surface area contributed by atoms with Gasteiger partial charge in [-0.1, -0.05) is 6.07 Å². The second-order valence-electron chi connectivity index (χ2n) is 6.56. The van der Waals surface area contributed by atoms with E-state index in [9.17, 15) is 13.2 Å². The van der Waals surface area contributed by atoms with Crippen LogP contribution in [-0.4, -0.2) is 29.3 Å². The van der Waals surface area contributed by atoms with Gasteiger partial charge in [-0.05, 0) is 45.7 Å². The van der Waals surface area contributed by atoms with Gasteiger partial charge in [0.25, 0.3) is 0 Å². The Bertz CT molecular complexity index is 476. The minimum absolute atomic E-state index is 0.0232. The van der Waals surface area contributed by atoms with Crippen molar-refractivity contribution >= 4 is 5.82 Å². The summed E-state index contributed by atoms with van der Waals surface area (Å²) in [5.41, 5.74) is 0.704. The Morgan fingerprint density at radius 2 is 1.90 bits per heavy atom. The highest BCUT2D eigenvalue weighted by Crippen LogP contribution is 2.33. The van der Waals surface area contributed by atoms with Crippen LogP contribution < -0.4 is 10.2 Å². The molecule has 1 saturated carbocycles. The van der Waals surface area contributed by atoms with E-state index in [0.29, 0.717) is 12.4 Å². The van der Waals surface area contributed by atoms with Gasteiger partial charge in [0.2, 0.25) is 0 Å². The van der Waals surface area contributed by atoms with Crippen molar-refractivity contribution < 1.29 is 13.2 Å². The molecule has 0 atom stereocenters. The molecule has 1 aromatic rings. The number of halogens is 3. The topological polar surface area (TPSA) is 28.2 Å². The molecule has 1 aromatic heterocycles. The summed E-state index contributed by atoms with van der Waals surface area (Å²) in [5.74, 6) is 0.419. The third kappa shape index (κ3) is 5.53. The maximum atomic E-state index is 12.7. The highest BCUT2D eigenvalue weighted by Gasteiger charge is 2.38. The van der Waals surface area contributed by atoms with Crippen LogP contribution >= 0.6 is 0 Å². The summed E-state index contributed by atoms with van der Waals surface area (Å²) in [6.07, 6.45) is -2.59. The zero-order chi connectivity index (χ0) is 15.7. The van der Waals surface area contributed by atoms with E-state index in [1.807, 2.05) is 26.8 Å². The van der Waals surface area contributed by atoms with Gasteiger partial charge in [-0.3, -0.25) is 0 Å². The second kappa shape index (κ2) is 5.83. The lowest BCUT2D eigenvalue weighted by molar-refractivity contribution is -0.120. The van der Waals surface area contributed by atoms with Gasteiger partial charge in [-0.25, -0.2) is 4.98 Å². The van der Waals surface area contributed by atoms with Crippen molar-refractivity contribution in [1.29, 1.82) is 0 Å². The molecule has 1 N–H and O–H groups in total. The molecule has 0 aromatic carbocycles. The fourth-order valence-electron chi connectivity index (χ4n) is 2.06. The zero-order valence-corrected chi connectivity index (χ0v) is 12.7. The largest absolute Gasteiger partial charge is 0.405 e. The van der Waals surface area contributed by atoms with Crippen molar-refractivity contribution in [2.45, 2.75) is 57.9 Å². The van der Waals surface area contributed by atoms with Gasteiger partial charge in [-0.15, -0.1) is 0 Å². The second-order valence-corrected chi connectivity index (χ2v) is 6.56. The number of pyridine rings is 1. The van der Waals surface area contributed by atoms with Crippen LogP contribution in [-0.2, 0) is 6.54 Å². The highest BCUT2D eigenvalue weighted by molar-refractivity contribution is 5.42. The Kier molecular flexibility index (Phi) is 4.46. The number of hydrogen-bond acceptors (Lipinski definition) is 3. The minimum atomic E-state index is -4.20. The molecule has 0 radical (unpaired) electrons. The summed E-state index contributed by atoms with van der Waals surface area (Å²) in [4.78, 5) is 5.76. The lowest BCUT2D eigenvalue weighted by atomic mass is 10.1. The molecule has 0 aliphatic heterocycles. The molecular formula is C15H22F3N3. The molecule has 3 nitrogen and oxygen atoms in total. The first-order valence-electron chi connectivity index (χ1n) is 7.18. The monoisotopic (exact) mass is 301 g/mol. The summed E-state index contributed by atoms with van der Waals surface area (Å²) in [7, 11) is 0. The molecule has 1 heterocycles. The molecule has 1 aliphatic rings. The van der Waals surface area contributed by atoms with Crippen LogP contribution in [0.4, 0.5) is 19.0 Å². The average Bonchev–Trinajstić information content (AvgIpc) is 3.16. The normalized spacial score (nSPS) is 16.1. The highest BCUT2D eigenvalue weighted by atomic mass is 19.4. The number of rotatable bonds is 5. The number of nitrogens with one attached hydrogen (secondary N) is 1. The lowest BCUT2D eigenvalue weighted by Gasteiger charge is -2.25. The first-order valence-corrected chi connectivity index (χ1v) is 7.18. The van der Waals surface area contributed by atoms with E-state index in [4.69, 9.17) is 0 Å². The van der Waals surface area contributed by atoms with E-state index in [2.05, 4.69) is 10.3 Å². The summed E-state index contributed by atoms with van der Waals surface area (Å²) >= 11 is 0. The van der Waals surface area contributed by atoms with Gasteiger partial charge in [-0.2, -0.15) is 13.2 Å². The Balaban J connectivity index is 2.10. The van der Waals surface area contributed by atoms with Crippen molar-refractivity contribution in [3.8, 4) is 0 Å². The summed E-state index contributed by atoms with van der Waals surface area (Å²) in [5, 5.41) is 3.29. The molecule has 1 fully saturated rings. The van der Waals surface area contributed by atoms with Crippen LogP contribution in [0.2, 0.25) is 0 Å². The average molecular weight is 301 g/mol. The predicted molar refractivity (Wildman–Crippen MR) is 77.3 cm³/mol. The summed E-state index contributed by atoms with van der Waals surface area (Å²) in [6.45, 7) is 5.73. The smallest absolute Gasteiger partial charge is 0.345 e. The van der Waals surface area contributed by atoms with E-state index in [-0.39, 0.29) is 11.6 Å². The van der Waals surface area contributed by atoms with Gasteiger partial charge in [0, 0.05) is 18.1 Å². The van der Waals surface area contributed by atoms with E-state index in [0.717, 1.165) is 18.5 Å². The first kappa shape index (κ1) is 16.1. The summed E-state index contributed by atoms with van der Waals surface area (Å²) in [6, 6.07) is 5.24. The number of alkyl halides is 3. The molecule has 21 heavy (non-hydrogen) atoms. The molecule has 6 heteroatoms. The molecule has 0 saturated heterocycles. The standard InChI is InChI=1S/C15H22F3N3/c1-14(2,3)19-9-11-5-4-6-13(20-11)21(12-7-8-12)10-15(16,17)18/h4-6,12,19H,7-10H2,1-3H3. The molecule has 0 bridgehead atoms. The first-order chi connectivity index (χ1) is 9.64. The quantitative estimate of drug-likeness (QED) is 0.902. The van der Waals surface area contributed by atoms with E-state index in [1.165, 1.54) is 4.90 Å². The van der Waals surface area contributed by atoms with Crippen molar-refractivity contribution in [1.82, 2.24) is 10.3 Å². The maximum Gasteiger partial charge on any atom is 0.405 e. The van der Waals surface area contributed by atoms with Crippen molar-refractivity contribution in [2.24, 2.45) is 0 Å². The number of anilines is 1. The van der Waals surface area contributed by atoms with Crippen LogP contribution in [0.3, 0.4) is 0 Å². The number of nitrogens with zero attached hydrogens (tertiary/aromatic N) is 2. The van der Waals surface area contributed by atoms with Gasteiger partial charge in [0.1, 0.15) is 12.4 Å². The number of hydrogen-bond donors (Lipinski definition) is 1. The van der Waals surface area contributed by atoms with Crippen LogP contribution in [0.15, 0.2) is 18.2 Å². The fraction of sp³-hybridized carbons (Fsp3) is 0.667. The molecule has 1 aliphatic carbocycles. The van der Waals surface area contributed by atoms with Crippen LogP contribution in [0.1, 0.15) is 39.3 Å².